The summed E-state index contributed by atoms with van der Waals surface area (Å²) >= 11 is 0. The van der Waals surface area contributed by atoms with Crippen molar-refractivity contribution >= 4 is 17.9 Å². The number of methoxy groups -OCH3 is 1. The number of ether oxygens (including phenoxy) is 3. The Morgan fingerprint density at radius 3 is 2.33 bits per heavy atom. The summed E-state index contributed by atoms with van der Waals surface area (Å²) in [5, 5.41) is 0. The van der Waals surface area contributed by atoms with E-state index in [2.05, 4.69) is 16.1 Å². The van der Waals surface area contributed by atoms with Gasteiger partial charge in [0, 0.05) is 5.57 Å². The molecule has 0 fully saturated rings. The van der Waals surface area contributed by atoms with E-state index in [4.69, 9.17) is 4.74 Å². The van der Waals surface area contributed by atoms with Gasteiger partial charge in [0.2, 0.25) is 0 Å². The molecule has 0 aliphatic rings. The van der Waals surface area contributed by atoms with Crippen LogP contribution in [0.5, 0.6) is 0 Å². The highest BCUT2D eigenvalue weighted by Gasteiger charge is 2.15. The summed E-state index contributed by atoms with van der Waals surface area (Å²) in [7, 11) is 1.17. The fraction of sp³-hybridized carbons (Fsp3) is 0.267. The number of hydrogen-bond acceptors (Lipinski definition) is 6. The summed E-state index contributed by atoms with van der Waals surface area (Å²) in [6, 6.07) is 9.13. The quantitative estimate of drug-likeness (QED) is 0.429. The van der Waals surface area contributed by atoms with Crippen LogP contribution < -0.4 is 0 Å². The SMILES string of the molecule is C=C(CC(=O)OCc1ccccc1)C(=O)OCC(=O)OC. The van der Waals surface area contributed by atoms with Gasteiger partial charge >= 0.3 is 17.9 Å². The number of carbonyl (C=O) groups excluding carboxylic acids is 3. The Kier molecular flexibility index (Phi) is 6.67. The maximum absolute atomic E-state index is 11.5. The summed E-state index contributed by atoms with van der Waals surface area (Å²) in [6.07, 6.45) is -0.299. The molecule has 0 heterocycles. The molecule has 0 saturated carbocycles. The number of rotatable bonds is 7. The summed E-state index contributed by atoms with van der Waals surface area (Å²) in [4.78, 5) is 33.8. The van der Waals surface area contributed by atoms with Gasteiger partial charge in [0.15, 0.2) is 6.61 Å². The van der Waals surface area contributed by atoms with Gasteiger partial charge in [0.25, 0.3) is 0 Å². The zero-order valence-corrected chi connectivity index (χ0v) is 11.7. The van der Waals surface area contributed by atoms with Crippen molar-refractivity contribution in [3.05, 3.63) is 48.0 Å². The van der Waals surface area contributed by atoms with Crippen LogP contribution in [0.2, 0.25) is 0 Å². The highest BCUT2D eigenvalue weighted by molar-refractivity contribution is 5.94. The fourth-order valence-electron chi connectivity index (χ4n) is 1.32. The molecule has 21 heavy (non-hydrogen) atoms. The molecule has 6 heteroatoms. The smallest absolute Gasteiger partial charge is 0.344 e. The molecule has 1 rings (SSSR count). The molecule has 0 saturated heterocycles. The molecule has 0 aliphatic carbocycles. The second-order valence-electron chi connectivity index (χ2n) is 4.08. The third-order valence-corrected chi connectivity index (χ3v) is 2.44. The Morgan fingerprint density at radius 2 is 1.71 bits per heavy atom. The van der Waals surface area contributed by atoms with Gasteiger partial charge < -0.3 is 14.2 Å². The molecule has 0 bridgehead atoms. The molecular weight excluding hydrogens is 276 g/mol. The third kappa shape index (κ3) is 6.38. The molecule has 1 aromatic rings. The van der Waals surface area contributed by atoms with Crippen LogP contribution in [-0.2, 0) is 35.2 Å². The number of benzene rings is 1. The van der Waals surface area contributed by atoms with Crippen LogP contribution in [0.25, 0.3) is 0 Å². The molecule has 112 valence electrons. The minimum absolute atomic E-state index is 0.0861. The maximum atomic E-state index is 11.5. The van der Waals surface area contributed by atoms with Crippen LogP contribution in [0.3, 0.4) is 0 Å². The molecule has 0 N–H and O–H groups in total. The van der Waals surface area contributed by atoms with Gasteiger partial charge in [0.05, 0.1) is 13.5 Å². The first-order valence-corrected chi connectivity index (χ1v) is 6.14. The van der Waals surface area contributed by atoms with Gasteiger partial charge in [-0.1, -0.05) is 36.9 Å². The summed E-state index contributed by atoms with van der Waals surface area (Å²) in [5.74, 6) is -2.13. The van der Waals surface area contributed by atoms with Gasteiger partial charge in [-0.05, 0) is 5.56 Å². The van der Waals surface area contributed by atoms with E-state index in [1.165, 1.54) is 7.11 Å². The average Bonchev–Trinajstić information content (AvgIpc) is 2.51. The molecule has 0 atom stereocenters. The Hall–Kier alpha value is -2.63. The van der Waals surface area contributed by atoms with Crippen LogP contribution in [0.1, 0.15) is 12.0 Å². The van der Waals surface area contributed by atoms with Crippen LogP contribution in [0.4, 0.5) is 0 Å². The zero-order chi connectivity index (χ0) is 15.7. The summed E-state index contributed by atoms with van der Waals surface area (Å²) in [5.41, 5.74) is 0.752. The van der Waals surface area contributed by atoms with Crippen molar-refractivity contribution < 1.29 is 28.6 Å². The highest BCUT2D eigenvalue weighted by atomic mass is 16.6. The fourth-order valence-corrected chi connectivity index (χ4v) is 1.32. The van der Waals surface area contributed by atoms with Crippen LogP contribution >= 0.6 is 0 Å². The predicted molar refractivity (Wildman–Crippen MR) is 73.0 cm³/mol. The van der Waals surface area contributed by atoms with Gasteiger partial charge in [-0.3, -0.25) is 4.79 Å². The van der Waals surface area contributed by atoms with E-state index in [0.717, 1.165) is 5.56 Å². The van der Waals surface area contributed by atoms with E-state index < -0.39 is 24.5 Å². The average molecular weight is 292 g/mol. The predicted octanol–water partition coefficient (Wildman–Crippen LogP) is 1.39. The van der Waals surface area contributed by atoms with E-state index in [0.29, 0.717) is 0 Å². The Labute approximate surface area is 122 Å². The third-order valence-electron chi connectivity index (χ3n) is 2.44. The summed E-state index contributed by atoms with van der Waals surface area (Å²) in [6.45, 7) is 3.02. The van der Waals surface area contributed by atoms with Crippen LogP contribution in [0.15, 0.2) is 42.5 Å². The van der Waals surface area contributed by atoms with Crippen molar-refractivity contribution in [1.29, 1.82) is 0 Å². The Morgan fingerprint density at radius 1 is 1.05 bits per heavy atom. The first-order chi connectivity index (χ1) is 10.0. The van der Waals surface area contributed by atoms with Crippen molar-refractivity contribution in [2.75, 3.05) is 13.7 Å². The lowest BCUT2D eigenvalue weighted by molar-refractivity contribution is -0.155. The second-order valence-corrected chi connectivity index (χ2v) is 4.08. The standard InChI is InChI=1S/C15H16O6/c1-11(15(18)21-10-14(17)19-2)8-13(16)20-9-12-6-4-3-5-7-12/h3-7H,1,8-10H2,2H3. The van der Waals surface area contributed by atoms with Crippen molar-refractivity contribution in [3.63, 3.8) is 0 Å². The van der Waals surface area contributed by atoms with Crippen molar-refractivity contribution in [1.82, 2.24) is 0 Å². The minimum atomic E-state index is -0.836. The number of hydrogen-bond donors (Lipinski definition) is 0. The normalized spacial score (nSPS) is 9.57. The van der Waals surface area contributed by atoms with E-state index in [9.17, 15) is 14.4 Å². The Balaban J connectivity index is 2.31. The summed E-state index contributed by atoms with van der Waals surface area (Å²) < 4.78 is 13.9. The van der Waals surface area contributed by atoms with Crippen LogP contribution in [0, 0.1) is 0 Å². The highest BCUT2D eigenvalue weighted by Crippen LogP contribution is 2.06. The Bertz CT molecular complexity index is 520. The van der Waals surface area contributed by atoms with Crippen molar-refractivity contribution in [2.24, 2.45) is 0 Å². The first kappa shape index (κ1) is 16.4. The molecule has 0 unspecified atom stereocenters. The molecule has 0 aromatic heterocycles. The van der Waals surface area contributed by atoms with E-state index in [1.54, 1.807) is 0 Å². The lowest BCUT2D eigenvalue weighted by Gasteiger charge is -2.07. The first-order valence-electron chi connectivity index (χ1n) is 6.14. The van der Waals surface area contributed by atoms with Crippen LogP contribution in [-0.4, -0.2) is 31.6 Å². The lowest BCUT2D eigenvalue weighted by atomic mass is 10.2. The van der Waals surface area contributed by atoms with E-state index in [-0.39, 0.29) is 18.6 Å². The lowest BCUT2D eigenvalue weighted by Crippen LogP contribution is -2.18. The minimum Gasteiger partial charge on any atom is -0.466 e. The molecule has 6 nitrogen and oxygen atoms in total. The van der Waals surface area contributed by atoms with Gasteiger partial charge in [0.1, 0.15) is 6.61 Å². The molecule has 0 aliphatic heterocycles. The number of carbonyl (C=O) groups is 3. The topological polar surface area (TPSA) is 78.9 Å². The van der Waals surface area contributed by atoms with E-state index in [1.807, 2.05) is 30.3 Å². The monoisotopic (exact) mass is 292 g/mol. The molecule has 0 spiro atoms. The van der Waals surface area contributed by atoms with Crippen molar-refractivity contribution in [3.8, 4) is 0 Å². The van der Waals surface area contributed by atoms with Crippen molar-refractivity contribution in [2.45, 2.75) is 13.0 Å². The second kappa shape index (κ2) is 8.52. The largest absolute Gasteiger partial charge is 0.466 e. The zero-order valence-electron chi connectivity index (χ0n) is 11.7. The van der Waals surface area contributed by atoms with Gasteiger partial charge in [-0.25, -0.2) is 9.59 Å². The molecular formula is C15H16O6. The molecule has 0 amide bonds. The number of esters is 3. The van der Waals surface area contributed by atoms with Gasteiger partial charge in [-0.15, -0.1) is 0 Å². The molecule has 0 radical (unpaired) electrons. The maximum Gasteiger partial charge on any atom is 0.344 e. The van der Waals surface area contributed by atoms with E-state index >= 15 is 0 Å². The molecule has 1 aromatic carbocycles. The van der Waals surface area contributed by atoms with Gasteiger partial charge in [-0.2, -0.15) is 0 Å².